The van der Waals surface area contributed by atoms with Crippen LogP contribution in [-0.4, -0.2) is 11.9 Å². The second-order valence-electron chi connectivity index (χ2n) is 4.04. The van der Waals surface area contributed by atoms with Gasteiger partial charge >= 0.3 is 0 Å². The molecule has 0 radical (unpaired) electrons. The van der Waals surface area contributed by atoms with Crippen LogP contribution < -0.4 is 11.1 Å². The number of nitrogens with two attached hydrogens (primary N) is 1. The largest absolute Gasteiger partial charge is 0.348 e. The van der Waals surface area contributed by atoms with Gasteiger partial charge in [0.1, 0.15) is 0 Å². The number of rotatable bonds is 5. The molecule has 1 aromatic carbocycles. The maximum Gasteiger partial charge on any atom is 0.237 e. The van der Waals surface area contributed by atoms with Crippen molar-refractivity contribution in [2.24, 2.45) is 5.73 Å². The fourth-order valence-corrected chi connectivity index (χ4v) is 1.59. The molecule has 0 aliphatic rings. The Morgan fingerprint density at radius 3 is 2.56 bits per heavy atom. The van der Waals surface area contributed by atoms with E-state index in [1.54, 1.807) is 0 Å². The van der Waals surface area contributed by atoms with Crippen LogP contribution in [0.2, 0.25) is 0 Å². The summed E-state index contributed by atoms with van der Waals surface area (Å²) >= 11 is 0. The van der Waals surface area contributed by atoms with Crippen LogP contribution in [0, 0.1) is 0 Å². The fourth-order valence-electron chi connectivity index (χ4n) is 1.59. The highest BCUT2D eigenvalue weighted by Crippen LogP contribution is 2.11. The first kappa shape index (κ1) is 12.7. The van der Waals surface area contributed by atoms with E-state index in [9.17, 15) is 4.79 Å². The smallest absolute Gasteiger partial charge is 0.237 e. The Labute approximate surface area is 97.0 Å². The van der Waals surface area contributed by atoms with Gasteiger partial charge < -0.3 is 11.1 Å². The van der Waals surface area contributed by atoms with Crippen molar-refractivity contribution in [3.63, 3.8) is 0 Å². The summed E-state index contributed by atoms with van der Waals surface area (Å²) in [5, 5.41) is 2.92. The van der Waals surface area contributed by atoms with Gasteiger partial charge in [0, 0.05) is 0 Å². The predicted octanol–water partition coefficient (Wildman–Crippen LogP) is 1.99. The van der Waals surface area contributed by atoms with Crippen molar-refractivity contribution in [3.05, 3.63) is 35.9 Å². The number of hydrogen-bond acceptors (Lipinski definition) is 2. The summed E-state index contributed by atoms with van der Waals surface area (Å²) in [4.78, 5) is 11.7. The first-order valence-electron chi connectivity index (χ1n) is 5.76. The average molecular weight is 220 g/mol. The highest BCUT2D eigenvalue weighted by atomic mass is 16.2. The molecule has 1 amide bonds. The van der Waals surface area contributed by atoms with Crippen molar-refractivity contribution in [2.75, 3.05) is 0 Å². The average Bonchev–Trinajstić information content (AvgIpc) is 2.30. The molecule has 0 bridgehead atoms. The van der Waals surface area contributed by atoms with Gasteiger partial charge in [-0.2, -0.15) is 0 Å². The van der Waals surface area contributed by atoms with Crippen molar-refractivity contribution < 1.29 is 4.79 Å². The van der Waals surface area contributed by atoms with E-state index in [0.717, 1.165) is 18.4 Å². The summed E-state index contributed by atoms with van der Waals surface area (Å²) in [5.41, 5.74) is 6.84. The molecule has 1 aromatic rings. The lowest BCUT2D eigenvalue weighted by molar-refractivity contribution is -0.123. The van der Waals surface area contributed by atoms with Crippen molar-refractivity contribution in [1.82, 2.24) is 5.32 Å². The minimum Gasteiger partial charge on any atom is -0.348 e. The van der Waals surface area contributed by atoms with Crippen LogP contribution in [0.15, 0.2) is 30.3 Å². The molecule has 0 saturated heterocycles. The van der Waals surface area contributed by atoms with Crippen LogP contribution >= 0.6 is 0 Å². The van der Waals surface area contributed by atoms with Gasteiger partial charge in [0.05, 0.1) is 12.1 Å². The maximum atomic E-state index is 11.7. The molecular weight excluding hydrogens is 200 g/mol. The summed E-state index contributed by atoms with van der Waals surface area (Å²) in [5.74, 6) is -0.0711. The first-order chi connectivity index (χ1) is 7.65. The second-order valence-corrected chi connectivity index (χ2v) is 4.04. The molecule has 0 unspecified atom stereocenters. The maximum absolute atomic E-state index is 11.7. The van der Waals surface area contributed by atoms with E-state index < -0.39 is 6.04 Å². The summed E-state index contributed by atoms with van der Waals surface area (Å²) in [6, 6.07) is 9.49. The second kappa shape index (κ2) is 6.28. The molecule has 3 N–H and O–H groups in total. The Morgan fingerprint density at radius 1 is 1.38 bits per heavy atom. The van der Waals surface area contributed by atoms with Gasteiger partial charge in [-0.1, -0.05) is 43.7 Å². The topological polar surface area (TPSA) is 55.1 Å². The van der Waals surface area contributed by atoms with Gasteiger partial charge in [-0.05, 0) is 18.9 Å². The molecule has 3 nitrogen and oxygen atoms in total. The molecule has 16 heavy (non-hydrogen) atoms. The Bertz CT molecular complexity index is 324. The molecule has 1 rings (SSSR count). The zero-order valence-corrected chi connectivity index (χ0v) is 9.94. The van der Waals surface area contributed by atoms with Crippen LogP contribution in [0.1, 0.15) is 38.3 Å². The van der Waals surface area contributed by atoms with Crippen LogP contribution in [0.25, 0.3) is 0 Å². The lowest BCUT2D eigenvalue weighted by Crippen LogP contribution is -2.41. The first-order valence-corrected chi connectivity index (χ1v) is 5.76. The fraction of sp³-hybridized carbons (Fsp3) is 0.462. The third-order valence-electron chi connectivity index (χ3n) is 2.59. The molecule has 88 valence electrons. The number of carbonyl (C=O) groups is 1. The number of amides is 1. The Balaban J connectivity index is 2.51. The SMILES string of the molecule is CCC[C@H](N)C(=O)N[C@H](C)c1ccccc1. The highest BCUT2D eigenvalue weighted by molar-refractivity contribution is 5.81. The van der Waals surface area contributed by atoms with Crippen molar-refractivity contribution in [2.45, 2.75) is 38.8 Å². The number of benzene rings is 1. The van der Waals surface area contributed by atoms with Crippen LogP contribution in [0.4, 0.5) is 0 Å². The molecule has 0 spiro atoms. The summed E-state index contributed by atoms with van der Waals surface area (Å²) in [7, 11) is 0. The van der Waals surface area contributed by atoms with Crippen LogP contribution in [0.3, 0.4) is 0 Å². The third kappa shape index (κ3) is 3.66. The van der Waals surface area contributed by atoms with Gasteiger partial charge in [-0.25, -0.2) is 0 Å². The van der Waals surface area contributed by atoms with E-state index in [2.05, 4.69) is 5.32 Å². The van der Waals surface area contributed by atoms with E-state index in [4.69, 9.17) is 5.73 Å². The Kier molecular flexibility index (Phi) is 4.99. The summed E-state index contributed by atoms with van der Waals surface area (Å²) in [6.45, 7) is 3.99. The molecule has 0 aromatic heterocycles. The lowest BCUT2D eigenvalue weighted by atomic mass is 10.1. The summed E-state index contributed by atoms with van der Waals surface area (Å²) in [6.07, 6.45) is 1.65. The van der Waals surface area contributed by atoms with Crippen molar-refractivity contribution >= 4 is 5.91 Å². The molecule has 3 heteroatoms. The molecular formula is C13H20N2O. The van der Waals surface area contributed by atoms with E-state index in [-0.39, 0.29) is 11.9 Å². The van der Waals surface area contributed by atoms with Gasteiger partial charge in [0.25, 0.3) is 0 Å². The highest BCUT2D eigenvalue weighted by Gasteiger charge is 2.15. The van der Waals surface area contributed by atoms with Crippen LogP contribution in [-0.2, 0) is 4.79 Å². The zero-order chi connectivity index (χ0) is 12.0. The van der Waals surface area contributed by atoms with E-state index >= 15 is 0 Å². The predicted molar refractivity (Wildman–Crippen MR) is 65.9 cm³/mol. The normalized spacial score (nSPS) is 14.2. The summed E-state index contributed by atoms with van der Waals surface area (Å²) < 4.78 is 0. The molecule has 0 heterocycles. The monoisotopic (exact) mass is 220 g/mol. The zero-order valence-electron chi connectivity index (χ0n) is 9.94. The number of nitrogens with one attached hydrogen (secondary N) is 1. The molecule has 0 fully saturated rings. The van der Waals surface area contributed by atoms with Gasteiger partial charge in [-0.15, -0.1) is 0 Å². The van der Waals surface area contributed by atoms with E-state index in [0.29, 0.717) is 0 Å². The quantitative estimate of drug-likeness (QED) is 0.797. The minimum atomic E-state index is -0.392. The number of hydrogen-bond donors (Lipinski definition) is 2. The molecule has 2 atom stereocenters. The molecule has 0 saturated carbocycles. The van der Waals surface area contributed by atoms with E-state index in [1.807, 2.05) is 44.2 Å². The van der Waals surface area contributed by atoms with Gasteiger partial charge in [0.2, 0.25) is 5.91 Å². The molecule has 0 aliphatic heterocycles. The third-order valence-corrected chi connectivity index (χ3v) is 2.59. The van der Waals surface area contributed by atoms with Crippen molar-refractivity contribution in [1.29, 1.82) is 0 Å². The molecule has 0 aliphatic carbocycles. The lowest BCUT2D eigenvalue weighted by Gasteiger charge is -2.17. The van der Waals surface area contributed by atoms with Gasteiger partial charge in [-0.3, -0.25) is 4.79 Å². The Hall–Kier alpha value is -1.35. The Morgan fingerprint density at radius 2 is 2.00 bits per heavy atom. The minimum absolute atomic E-state index is 0.0107. The van der Waals surface area contributed by atoms with E-state index in [1.165, 1.54) is 0 Å². The van der Waals surface area contributed by atoms with Crippen molar-refractivity contribution in [3.8, 4) is 0 Å². The standard InChI is InChI=1S/C13H20N2O/c1-3-7-12(14)13(16)15-10(2)11-8-5-4-6-9-11/h4-6,8-10,12H,3,7,14H2,1-2H3,(H,15,16)/t10-,12+/m1/s1. The van der Waals surface area contributed by atoms with Gasteiger partial charge in [0.15, 0.2) is 0 Å². The van der Waals surface area contributed by atoms with Crippen LogP contribution in [0.5, 0.6) is 0 Å². The number of carbonyl (C=O) groups excluding carboxylic acids is 1.